The number of Topliss-reactive ketones (excluding diaryl/α,β-unsaturated/α-hetero) is 1. The van der Waals surface area contributed by atoms with Gasteiger partial charge < -0.3 is 10.9 Å². The highest BCUT2D eigenvalue weighted by Gasteiger charge is 2.15. The third kappa shape index (κ3) is 1.91. The lowest BCUT2D eigenvalue weighted by Gasteiger charge is -2.14. The maximum Gasteiger partial charge on any atom is 0.170 e. The molecule has 0 radical (unpaired) electrons. The van der Waals surface area contributed by atoms with Crippen LogP contribution < -0.4 is 5.73 Å². The van der Waals surface area contributed by atoms with Gasteiger partial charge in [0, 0.05) is 11.1 Å². The largest absolute Gasteiger partial charge is 0.409 e. The van der Waals surface area contributed by atoms with Crippen LogP contribution in [0.25, 0.3) is 0 Å². The van der Waals surface area contributed by atoms with Crippen molar-refractivity contribution in [3.8, 4) is 0 Å². The molecule has 0 aliphatic rings. The second-order valence-electron chi connectivity index (χ2n) is 3.91. The minimum Gasteiger partial charge on any atom is -0.409 e. The summed E-state index contributed by atoms with van der Waals surface area (Å²) in [6.07, 6.45) is 0. The molecule has 0 aromatic heterocycles. The average Bonchev–Trinajstić information content (AvgIpc) is 2.22. The fraction of sp³-hybridized carbons (Fsp3) is 0.333. The van der Waals surface area contributed by atoms with Crippen LogP contribution in [-0.4, -0.2) is 16.8 Å². The van der Waals surface area contributed by atoms with E-state index in [4.69, 9.17) is 10.9 Å². The first-order chi connectivity index (χ1) is 7.40. The zero-order chi connectivity index (χ0) is 12.5. The Kier molecular flexibility index (Phi) is 3.32. The van der Waals surface area contributed by atoms with E-state index in [1.54, 1.807) is 6.92 Å². The van der Waals surface area contributed by atoms with Crippen LogP contribution in [0.1, 0.15) is 39.5 Å². The highest BCUT2D eigenvalue weighted by Crippen LogP contribution is 2.22. The summed E-state index contributed by atoms with van der Waals surface area (Å²) in [6, 6.07) is 1.83. The van der Waals surface area contributed by atoms with Crippen LogP contribution in [0.15, 0.2) is 11.2 Å². The molecule has 4 nitrogen and oxygen atoms in total. The number of hydrogen-bond acceptors (Lipinski definition) is 3. The van der Waals surface area contributed by atoms with Gasteiger partial charge in [-0.3, -0.25) is 4.79 Å². The summed E-state index contributed by atoms with van der Waals surface area (Å²) in [5, 5.41) is 11.7. The molecule has 0 aliphatic carbocycles. The molecule has 0 saturated carbocycles. The number of carbonyl (C=O) groups is 1. The Bertz CT molecular complexity index is 476. The molecule has 0 amide bonds. The Morgan fingerprint density at radius 2 is 1.88 bits per heavy atom. The maximum atomic E-state index is 11.4. The quantitative estimate of drug-likeness (QED) is 0.263. The summed E-state index contributed by atoms with van der Waals surface area (Å²) in [5.74, 6) is 0.0220. The van der Waals surface area contributed by atoms with E-state index >= 15 is 0 Å². The van der Waals surface area contributed by atoms with Crippen LogP contribution in [0.2, 0.25) is 0 Å². The number of benzene rings is 1. The maximum absolute atomic E-state index is 11.4. The van der Waals surface area contributed by atoms with Crippen LogP contribution >= 0.6 is 0 Å². The normalized spacial score (nSPS) is 11.6. The summed E-state index contributed by atoms with van der Waals surface area (Å²) in [5.41, 5.74) is 9.52. The third-order valence-electron chi connectivity index (χ3n) is 2.85. The number of nitrogens with two attached hydrogens (primary N) is 1. The van der Waals surface area contributed by atoms with Crippen molar-refractivity contribution in [1.29, 1.82) is 0 Å². The van der Waals surface area contributed by atoms with Gasteiger partial charge >= 0.3 is 0 Å². The third-order valence-corrected chi connectivity index (χ3v) is 2.85. The van der Waals surface area contributed by atoms with Crippen molar-refractivity contribution in [3.05, 3.63) is 33.9 Å². The zero-order valence-electron chi connectivity index (χ0n) is 9.96. The van der Waals surface area contributed by atoms with Crippen molar-refractivity contribution in [2.45, 2.75) is 27.7 Å². The van der Waals surface area contributed by atoms with Crippen LogP contribution in [-0.2, 0) is 0 Å². The van der Waals surface area contributed by atoms with Crippen molar-refractivity contribution in [3.63, 3.8) is 0 Å². The molecule has 0 aliphatic heterocycles. The van der Waals surface area contributed by atoms with E-state index in [0.29, 0.717) is 11.1 Å². The van der Waals surface area contributed by atoms with E-state index in [9.17, 15) is 4.79 Å². The minimum absolute atomic E-state index is 0.0208. The molecule has 0 heterocycles. The Morgan fingerprint density at radius 3 is 2.31 bits per heavy atom. The Balaban J connectivity index is 3.65. The topological polar surface area (TPSA) is 75.7 Å². The smallest absolute Gasteiger partial charge is 0.170 e. The van der Waals surface area contributed by atoms with Gasteiger partial charge in [-0.1, -0.05) is 5.16 Å². The van der Waals surface area contributed by atoms with Gasteiger partial charge in [-0.15, -0.1) is 0 Å². The molecule has 16 heavy (non-hydrogen) atoms. The molecule has 1 aromatic carbocycles. The van der Waals surface area contributed by atoms with Gasteiger partial charge in [-0.25, -0.2) is 0 Å². The molecule has 0 fully saturated rings. The average molecular weight is 220 g/mol. The van der Waals surface area contributed by atoms with Gasteiger partial charge in [0.05, 0.1) is 0 Å². The number of rotatable bonds is 2. The zero-order valence-corrected chi connectivity index (χ0v) is 9.96. The molecule has 3 N–H and O–H groups in total. The lowest BCUT2D eigenvalue weighted by Crippen LogP contribution is -2.18. The van der Waals surface area contributed by atoms with Gasteiger partial charge in [0.25, 0.3) is 0 Å². The number of oxime groups is 1. The van der Waals surface area contributed by atoms with Crippen molar-refractivity contribution in [1.82, 2.24) is 0 Å². The van der Waals surface area contributed by atoms with E-state index in [-0.39, 0.29) is 11.6 Å². The predicted octanol–water partition coefficient (Wildman–Crippen LogP) is 1.91. The fourth-order valence-corrected chi connectivity index (χ4v) is 1.85. The molecule has 0 unspecified atom stereocenters. The first-order valence-electron chi connectivity index (χ1n) is 4.99. The van der Waals surface area contributed by atoms with Crippen LogP contribution in [0.4, 0.5) is 0 Å². The lowest BCUT2D eigenvalue weighted by atomic mass is 9.91. The molecule has 0 spiro atoms. The van der Waals surface area contributed by atoms with Crippen LogP contribution in [0.3, 0.4) is 0 Å². The number of carbonyl (C=O) groups excluding carboxylic acids is 1. The van der Waals surface area contributed by atoms with Gasteiger partial charge in [0.1, 0.15) is 0 Å². The lowest BCUT2D eigenvalue weighted by molar-refractivity contribution is 0.101. The number of aryl methyl sites for hydroxylation is 1. The van der Waals surface area contributed by atoms with E-state index in [2.05, 4.69) is 5.16 Å². The van der Waals surface area contributed by atoms with Gasteiger partial charge in [0.2, 0.25) is 0 Å². The number of ketones is 1. The first-order valence-corrected chi connectivity index (χ1v) is 4.99. The summed E-state index contributed by atoms with van der Waals surface area (Å²) in [7, 11) is 0. The molecule has 1 aromatic rings. The van der Waals surface area contributed by atoms with Crippen LogP contribution in [0.5, 0.6) is 0 Å². The standard InChI is InChI=1S/C12H16N2O2/c1-6-5-10(9(4)15)8(3)11(7(6)2)12(13)14-16/h5,16H,1-4H3,(H2,13,14). The number of amidine groups is 1. The molecule has 86 valence electrons. The monoisotopic (exact) mass is 220 g/mol. The molecule has 0 saturated heterocycles. The second-order valence-corrected chi connectivity index (χ2v) is 3.91. The highest BCUT2D eigenvalue weighted by atomic mass is 16.4. The van der Waals surface area contributed by atoms with Crippen molar-refractivity contribution < 1.29 is 10.0 Å². The highest BCUT2D eigenvalue weighted by molar-refractivity contribution is 6.04. The Labute approximate surface area is 94.8 Å². The summed E-state index contributed by atoms with van der Waals surface area (Å²) >= 11 is 0. The molecular formula is C12H16N2O2. The number of hydrogen-bond donors (Lipinski definition) is 2. The molecular weight excluding hydrogens is 204 g/mol. The second kappa shape index (κ2) is 4.35. The van der Waals surface area contributed by atoms with E-state index in [1.807, 2.05) is 19.9 Å². The molecule has 4 heteroatoms. The van der Waals surface area contributed by atoms with E-state index < -0.39 is 0 Å². The van der Waals surface area contributed by atoms with Gasteiger partial charge in [0.15, 0.2) is 11.6 Å². The van der Waals surface area contributed by atoms with E-state index in [1.165, 1.54) is 6.92 Å². The summed E-state index contributed by atoms with van der Waals surface area (Å²) in [6.45, 7) is 7.10. The SMILES string of the molecule is CC(=O)c1cc(C)c(C)c(/C(N)=N/O)c1C. The van der Waals surface area contributed by atoms with E-state index in [0.717, 1.165) is 16.7 Å². The molecule has 0 bridgehead atoms. The number of nitrogens with zero attached hydrogens (tertiary/aromatic N) is 1. The first kappa shape index (κ1) is 12.2. The van der Waals surface area contributed by atoms with Gasteiger partial charge in [-0.05, 0) is 50.5 Å². The van der Waals surface area contributed by atoms with Crippen molar-refractivity contribution >= 4 is 11.6 Å². The Hall–Kier alpha value is -1.84. The van der Waals surface area contributed by atoms with Crippen molar-refractivity contribution in [2.24, 2.45) is 10.9 Å². The summed E-state index contributed by atoms with van der Waals surface area (Å²) in [4.78, 5) is 11.4. The Morgan fingerprint density at radius 1 is 1.31 bits per heavy atom. The fourth-order valence-electron chi connectivity index (χ4n) is 1.85. The van der Waals surface area contributed by atoms with Crippen molar-refractivity contribution in [2.75, 3.05) is 0 Å². The minimum atomic E-state index is -0.0208. The predicted molar refractivity (Wildman–Crippen MR) is 63.2 cm³/mol. The molecule has 0 atom stereocenters. The van der Waals surface area contributed by atoms with Gasteiger partial charge in [-0.2, -0.15) is 0 Å². The van der Waals surface area contributed by atoms with Crippen LogP contribution in [0, 0.1) is 20.8 Å². The summed E-state index contributed by atoms with van der Waals surface area (Å²) < 4.78 is 0. The molecule has 1 rings (SSSR count).